The summed E-state index contributed by atoms with van der Waals surface area (Å²) in [6, 6.07) is 3.16. The molecule has 1 aliphatic heterocycles. The summed E-state index contributed by atoms with van der Waals surface area (Å²) in [5.41, 5.74) is 4.15. The van der Waals surface area contributed by atoms with Gasteiger partial charge in [-0.1, -0.05) is 0 Å². The number of fused-ring (bicyclic) bond motifs is 2. The second-order valence-corrected chi connectivity index (χ2v) is 9.89. The van der Waals surface area contributed by atoms with E-state index >= 15 is 4.39 Å². The number of hydrogen-bond donors (Lipinski definition) is 0. The van der Waals surface area contributed by atoms with Crippen LogP contribution in [0.4, 0.5) is 4.39 Å². The molecule has 0 bridgehead atoms. The van der Waals surface area contributed by atoms with Crippen LogP contribution in [0.25, 0.3) is 22.2 Å². The van der Waals surface area contributed by atoms with Crippen LogP contribution in [0.5, 0.6) is 5.75 Å². The first-order chi connectivity index (χ1) is 16.5. The molecule has 1 aromatic carbocycles. The maximum Gasteiger partial charge on any atom is 0.339 e. The van der Waals surface area contributed by atoms with E-state index in [2.05, 4.69) is 0 Å². The third kappa shape index (κ3) is 4.31. The number of methoxy groups -OCH3 is 1. The number of ether oxygens (including phenoxy) is 3. The highest BCUT2D eigenvalue weighted by Crippen LogP contribution is 2.44. The fourth-order valence-electron chi connectivity index (χ4n) is 4.80. The zero-order valence-corrected chi connectivity index (χ0v) is 21.2. The van der Waals surface area contributed by atoms with Crippen LogP contribution in [-0.4, -0.2) is 41.1 Å². The molecule has 8 heteroatoms. The van der Waals surface area contributed by atoms with Gasteiger partial charge in [-0.05, 0) is 70.7 Å². The minimum atomic E-state index is -1.11. The van der Waals surface area contributed by atoms with E-state index in [1.54, 1.807) is 24.6 Å². The number of hydrogen-bond acceptors (Lipinski definition) is 6. The Hall–Kier alpha value is -3.26. The van der Waals surface area contributed by atoms with Gasteiger partial charge >= 0.3 is 5.97 Å². The summed E-state index contributed by atoms with van der Waals surface area (Å²) in [5.74, 6) is -0.777. The molecule has 0 saturated carbocycles. The average molecular weight is 483 g/mol. The first-order valence-electron chi connectivity index (χ1n) is 11.6. The predicted molar refractivity (Wildman–Crippen MR) is 130 cm³/mol. The van der Waals surface area contributed by atoms with E-state index in [9.17, 15) is 9.59 Å². The van der Waals surface area contributed by atoms with Crippen molar-refractivity contribution >= 4 is 23.3 Å². The highest BCUT2D eigenvalue weighted by molar-refractivity contribution is 6.01. The molecule has 186 valence electrons. The molecule has 4 rings (SSSR count). The lowest BCUT2D eigenvalue weighted by Gasteiger charge is -2.29. The largest absolute Gasteiger partial charge is 0.490 e. The molecule has 0 N–H and O–H groups in total. The molecular formula is C27H31FN2O5. The Morgan fingerprint density at radius 3 is 2.63 bits per heavy atom. The number of halogens is 1. The summed E-state index contributed by atoms with van der Waals surface area (Å²) in [6.07, 6.45) is 1.11. The Bertz CT molecular complexity index is 1340. The molecule has 0 unspecified atom stereocenters. The highest BCUT2D eigenvalue weighted by Gasteiger charge is 2.35. The molecule has 0 saturated heterocycles. The minimum absolute atomic E-state index is 0.276. The molecule has 3 heterocycles. The maximum atomic E-state index is 15.4. The number of carbonyl (C=O) groups excluding carboxylic acids is 2. The number of aldehydes is 1. The van der Waals surface area contributed by atoms with Crippen LogP contribution in [0, 0.1) is 19.7 Å². The lowest BCUT2D eigenvalue weighted by atomic mass is 9.86. The van der Waals surface area contributed by atoms with Crippen LogP contribution in [0.1, 0.15) is 66.2 Å². The van der Waals surface area contributed by atoms with Crippen LogP contribution >= 0.6 is 0 Å². The number of benzene rings is 1. The van der Waals surface area contributed by atoms with Crippen molar-refractivity contribution in [1.82, 2.24) is 9.55 Å². The van der Waals surface area contributed by atoms with Crippen molar-refractivity contribution in [3.8, 4) is 16.9 Å². The van der Waals surface area contributed by atoms with E-state index in [1.165, 1.54) is 13.2 Å². The Labute approximate surface area is 204 Å². The van der Waals surface area contributed by atoms with Gasteiger partial charge < -0.3 is 18.8 Å². The van der Waals surface area contributed by atoms with Crippen molar-refractivity contribution < 1.29 is 28.2 Å². The van der Waals surface area contributed by atoms with Gasteiger partial charge in [0.05, 0.1) is 25.0 Å². The Kier molecular flexibility index (Phi) is 6.44. The van der Waals surface area contributed by atoms with Crippen LogP contribution in [0.3, 0.4) is 0 Å². The summed E-state index contributed by atoms with van der Waals surface area (Å²) >= 11 is 0. The molecule has 0 radical (unpaired) electrons. The standard InChI is InChI=1S/C27H31FN2O5/c1-14-17-9-8-10-34-23(17)20(28)12-18(14)22-19-11-16(13-31)30(6)25(19)29-15(2)21(22)24(26(32)33-7)35-27(3,4)5/h11-13,24H,8-10H2,1-7H3/t24-/m0/s1. The van der Waals surface area contributed by atoms with Crippen molar-refractivity contribution in [3.63, 3.8) is 0 Å². The number of pyridine rings is 1. The monoisotopic (exact) mass is 482 g/mol. The number of nitrogens with zero attached hydrogens (tertiary/aromatic N) is 2. The molecule has 0 amide bonds. The lowest BCUT2D eigenvalue weighted by Crippen LogP contribution is -2.29. The second-order valence-electron chi connectivity index (χ2n) is 9.89. The van der Waals surface area contributed by atoms with Crippen LogP contribution < -0.4 is 4.74 Å². The van der Waals surface area contributed by atoms with E-state index < -0.39 is 23.5 Å². The van der Waals surface area contributed by atoms with Crippen LogP contribution in [0.2, 0.25) is 0 Å². The summed E-state index contributed by atoms with van der Waals surface area (Å²) in [4.78, 5) is 29.6. The molecule has 7 nitrogen and oxygen atoms in total. The fraction of sp³-hybridized carbons (Fsp3) is 0.444. The Morgan fingerprint density at radius 1 is 1.29 bits per heavy atom. The first kappa shape index (κ1) is 24.9. The second kappa shape index (κ2) is 9.07. The van der Waals surface area contributed by atoms with E-state index in [-0.39, 0.29) is 5.75 Å². The number of rotatable bonds is 5. The third-order valence-corrected chi connectivity index (χ3v) is 6.42. The van der Waals surface area contributed by atoms with Gasteiger partial charge in [0.25, 0.3) is 0 Å². The van der Waals surface area contributed by atoms with Crippen molar-refractivity contribution in [2.24, 2.45) is 7.05 Å². The van der Waals surface area contributed by atoms with Gasteiger partial charge in [0.2, 0.25) is 0 Å². The molecule has 1 atom stereocenters. The highest BCUT2D eigenvalue weighted by atomic mass is 19.1. The van der Waals surface area contributed by atoms with Crippen LogP contribution in [0.15, 0.2) is 12.1 Å². The number of aryl methyl sites for hydroxylation is 2. The SMILES string of the molecule is COC(=O)[C@@H](OC(C)(C)C)c1c(C)nc2c(cc(C=O)n2C)c1-c1cc(F)c2c(c1C)CCCO2. The van der Waals surface area contributed by atoms with Gasteiger partial charge in [-0.15, -0.1) is 0 Å². The molecule has 0 spiro atoms. The smallest absolute Gasteiger partial charge is 0.339 e. The Balaban J connectivity index is 2.15. The van der Waals surface area contributed by atoms with E-state index in [0.29, 0.717) is 52.1 Å². The van der Waals surface area contributed by atoms with Gasteiger partial charge in [-0.25, -0.2) is 14.2 Å². The quantitative estimate of drug-likeness (QED) is 0.369. The number of aromatic nitrogens is 2. The van der Waals surface area contributed by atoms with E-state index in [0.717, 1.165) is 23.8 Å². The van der Waals surface area contributed by atoms with Crippen molar-refractivity contribution in [2.75, 3.05) is 13.7 Å². The molecule has 0 aliphatic carbocycles. The first-order valence-corrected chi connectivity index (χ1v) is 11.6. The molecular weight excluding hydrogens is 451 g/mol. The summed E-state index contributed by atoms with van der Waals surface area (Å²) in [7, 11) is 3.05. The summed E-state index contributed by atoms with van der Waals surface area (Å²) in [5, 5.41) is 0.626. The van der Waals surface area contributed by atoms with Gasteiger partial charge in [-0.2, -0.15) is 0 Å². The van der Waals surface area contributed by atoms with Crippen LogP contribution in [-0.2, 0) is 27.7 Å². The minimum Gasteiger partial charge on any atom is -0.490 e. The summed E-state index contributed by atoms with van der Waals surface area (Å²) in [6.45, 7) is 9.71. The molecule has 0 fully saturated rings. The lowest BCUT2D eigenvalue weighted by molar-refractivity contribution is -0.164. The van der Waals surface area contributed by atoms with Crippen molar-refractivity contribution in [2.45, 2.75) is 59.2 Å². The third-order valence-electron chi connectivity index (χ3n) is 6.42. The molecule has 1 aliphatic rings. The number of carbonyl (C=O) groups is 2. The molecule has 35 heavy (non-hydrogen) atoms. The average Bonchev–Trinajstić information content (AvgIpc) is 3.13. The zero-order chi connectivity index (χ0) is 25.7. The zero-order valence-electron chi connectivity index (χ0n) is 21.2. The van der Waals surface area contributed by atoms with Gasteiger partial charge in [0, 0.05) is 34.8 Å². The predicted octanol–water partition coefficient (Wildman–Crippen LogP) is 5.16. The fourth-order valence-corrected chi connectivity index (χ4v) is 4.80. The topological polar surface area (TPSA) is 79.7 Å². The van der Waals surface area contributed by atoms with Gasteiger partial charge in [0.1, 0.15) is 5.65 Å². The van der Waals surface area contributed by atoms with Gasteiger partial charge in [0.15, 0.2) is 24.0 Å². The Morgan fingerprint density at radius 2 is 2.00 bits per heavy atom. The maximum absolute atomic E-state index is 15.4. The van der Waals surface area contributed by atoms with E-state index in [1.807, 2.05) is 27.7 Å². The van der Waals surface area contributed by atoms with Crippen molar-refractivity contribution in [1.29, 1.82) is 0 Å². The normalized spacial score (nSPS) is 14.4. The summed E-state index contributed by atoms with van der Waals surface area (Å²) < 4.78 is 34.0. The van der Waals surface area contributed by atoms with Gasteiger partial charge in [-0.3, -0.25) is 4.79 Å². The molecule has 2 aromatic heterocycles. The van der Waals surface area contributed by atoms with Crippen molar-refractivity contribution in [3.05, 3.63) is 46.0 Å². The number of esters is 1. The molecule has 3 aromatic rings. The van der Waals surface area contributed by atoms with E-state index in [4.69, 9.17) is 19.2 Å².